The maximum absolute atomic E-state index is 13.2. The molecule has 0 bridgehead atoms. The Balaban J connectivity index is 2.00. The second-order valence-electron chi connectivity index (χ2n) is 4.03. The van der Waals surface area contributed by atoms with Gasteiger partial charge < -0.3 is 4.74 Å². The van der Waals surface area contributed by atoms with Gasteiger partial charge in [-0.05, 0) is 19.4 Å². The Morgan fingerprint density at radius 2 is 2.46 bits per heavy atom. The van der Waals surface area contributed by atoms with Gasteiger partial charge in [-0.1, -0.05) is 22.6 Å². The maximum atomic E-state index is 13.2. The summed E-state index contributed by atoms with van der Waals surface area (Å²) in [5, 5.41) is 0. The Labute approximate surface area is 91.9 Å². The number of fused-ring (bicyclic) bond motifs is 1. The molecule has 0 spiro atoms. The number of rotatable bonds is 3. The lowest BCUT2D eigenvalue weighted by Gasteiger charge is -2.30. The van der Waals surface area contributed by atoms with E-state index >= 15 is 0 Å². The van der Waals surface area contributed by atoms with Crippen LogP contribution < -0.4 is 0 Å². The van der Waals surface area contributed by atoms with Crippen LogP contribution in [0.4, 0.5) is 4.39 Å². The van der Waals surface area contributed by atoms with Gasteiger partial charge in [0.2, 0.25) is 0 Å². The number of ether oxygens (including phenoxy) is 1. The Kier molecular flexibility index (Phi) is 3.10. The molecule has 0 unspecified atom stereocenters. The predicted molar refractivity (Wildman–Crippen MR) is 57.9 cm³/mol. The first-order valence-corrected chi connectivity index (χ1v) is 6.32. The van der Waals surface area contributed by atoms with Crippen LogP contribution in [0.1, 0.15) is 19.3 Å². The standard InChI is InChI=1S/C9H15FINO/c10-8-4-9(6-13-7-11)2-1-3-12(9)5-8/h8H,1-7H2/t8-,9-/m1/s1. The number of halogens is 2. The summed E-state index contributed by atoms with van der Waals surface area (Å²) in [6.45, 7) is 2.41. The Hall–Kier alpha value is 0.580. The van der Waals surface area contributed by atoms with Crippen LogP contribution in [0.3, 0.4) is 0 Å². The second kappa shape index (κ2) is 3.98. The zero-order valence-electron chi connectivity index (χ0n) is 7.64. The Bertz CT molecular complexity index is 192. The SMILES string of the molecule is F[C@H]1CN2CCC[C@]2(COCI)C1. The minimum atomic E-state index is -0.627. The van der Waals surface area contributed by atoms with Crippen molar-refractivity contribution in [3.05, 3.63) is 0 Å². The monoisotopic (exact) mass is 299 g/mol. The largest absolute Gasteiger partial charge is 0.369 e. The molecule has 0 aromatic carbocycles. The van der Waals surface area contributed by atoms with Gasteiger partial charge in [-0.15, -0.1) is 0 Å². The van der Waals surface area contributed by atoms with E-state index in [2.05, 4.69) is 27.5 Å². The molecule has 0 aromatic rings. The summed E-state index contributed by atoms with van der Waals surface area (Å²) < 4.78 is 19.4. The van der Waals surface area contributed by atoms with Crippen molar-refractivity contribution in [2.75, 3.05) is 24.3 Å². The first kappa shape index (κ1) is 10.1. The van der Waals surface area contributed by atoms with Crippen molar-refractivity contribution in [1.82, 2.24) is 4.90 Å². The molecule has 0 N–H and O–H groups in total. The highest BCUT2D eigenvalue weighted by Crippen LogP contribution is 2.40. The number of nitrogens with zero attached hydrogens (tertiary/aromatic N) is 1. The summed E-state index contributed by atoms with van der Waals surface area (Å²) in [6.07, 6.45) is 2.38. The van der Waals surface area contributed by atoms with Crippen LogP contribution in [0.25, 0.3) is 0 Å². The van der Waals surface area contributed by atoms with Crippen LogP contribution in [-0.4, -0.2) is 40.9 Å². The topological polar surface area (TPSA) is 12.5 Å². The molecule has 2 atom stereocenters. The van der Waals surface area contributed by atoms with Gasteiger partial charge in [-0.2, -0.15) is 0 Å². The third-order valence-electron chi connectivity index (χ3n) is 3.21. The molecule has 0 saturated carbocycles. The minimum absolute atomic E-state index is 0.0601. The van der Waals surface area contributed by atoms with Crippen LogP contribution >= 0.6 is 22.6 Å². The average Bonchev–Trinajstić information content (AvgIpc) is 2.57. The predicted octanol–water partition coefficient (Wildman–Crippen LogP) is 1.97. The van der Waals surface area contributed by atoms with Crippen molar-refractivity contribution in [2.45, 2.75) is 31.0 Å². The molecule has 0 aliphatic carbocycles. The highest BCUT2D eigenvalue weighted by atomic mass is 127. The summed E-state index contributed by atoms with van der Waals surface area (Å²) in [6, 6.07) is 0. The molecule has 4 heteroatoms. The van der Waals surface area contributed by atoms with Gasteiger partial charge in [0.25, 0.3) is 0 Å². The fourth-order valence-electron chi connectivity index (χ4n) is 2.68. The van der Waals surface area contributed by atoms with E-state index in [1.165, 1.54) is 6.42 Å². The minimum Gasteiger partial charge on any atom is -0.369 e. The third kappa shape index (κ3) is 1.85. The lowest BCUT2D eigenvalue weighted by atomic mass is 9.95. The van der Waals surface area contributed by atoms with Crippen molar-refractivity contribution in [3.63, 3.8) is 0 Å². The van der Waals surface area contributed by atoms with Crippen molar-refractivity contribution < 1.29 is 9.13 Å². The fraction of sp³-hybridized carbons (Fsp3) is 1.00. The maximum Gasteiger partial charge on any atom is 0.115 e. The summed E-state index contributed by atoms with van der Waals surface area (Å²) >= 11 is 2.20. The van der Waals surface area contributed by atoms with Crippen LogP contribution in [0, 0.1) is 0 Å². The number of alkyl halides is 2. The van der Waals surface area contributed by atoms with Crippen LogP contribution in [0.15, 0.2) is 0 Å². The highest BCUT2D eigenvalue weighted by molar-refractivity contribution is 14.1. The molecule has 2 nitrogen and oxygen atoms in total. The zero-order valence-corrected chi connectivity index (χ0v) is 9.80. The van der Waals surface area contributed by atoms with Gasteiger partial charge in [0.15, 0.2) is 0 Å². The molecule has 2 rings (SSSR count). The van der Waals surface area contributed by atoms with E-state index in [9.17, 15) is 4.39 Å². The normalized spacial score (nSPS) is 39.7. The molecule has 2 heterocycles. The van der Waals surface area contributed by atoms with Crippen LogP contribution in [0.2, 0.25) is 0 Å². The van der Waals surface area contributed by atoms with Gasteiger partial charge in [0, 0.05) is 18.5 Å². The van der Waals surface area contributed by atoms with Crippen molar-refractivity contribution in [3.8, 4) is 0 Å². The second-order valence-corrected chi connectivity index (χ2v) is 4.66. The fourth-order valence-corrected chi connectivity index (χ4v) is 2.90. The third-order valence-corrected chi connectivity index (χ3v) is 3.65. The van der Waals surface area contributed by atoms with E-state index in [0.29, 0.717) is 17.6 Å². The van der Waals surface area contributed by atoms with Crippen molar-refractivity contribution >= 4 is 22.6 Å². The zero-order chi connectivity index (χ0) is 9.31. The van der Waals surface area contributed by atoms with E-state index in [1.54, 1.807) is 0 Å². The smallest absolute Gasteiger partial charge is 0.115 e. The number of hydrogen-bond donors (Lipinski definition) is 0. The van der Waals surface area contributed by atoms with Gasteiger partial charge >= 0.3 is 0 Å². The molecule has 2 saturated heterocycles. The molecule has 76 valence electrons. The summed E-state index contributed by atoms with van der Waals surface area (Å²) in [5.74, 6) is 0. The van der Waals surface area contributed by atoms with Crippen molar-refractivity contribution in [2.24, 2.45) is 0 Å². The molecular formula is C9H15FINO. The van der Waals surface area contributed by atoms with E-state index in [0.717, 1.165) is 19.6 Å². The van der Waals surface area contributed by atoms with Gasteiger partial charge in [0.05, 0.1) is 11.2 Å². The Morgan fingerprint density at radius 1 is 1.62 bits per heavy atom. The molecule has 13 heavy (non-hydrogen) atoms. The van der Waals surface area contributed by atoms with Crippen molar-refractivity contribution in [1.29, 1.82) is 0 Å². The first-order valence-electron chi connectivity index (χ1n) is 4.80. The lowest BCUT2D eigenvalue weighted by molar-refractivity contribution is 0.0617. The van der Waals surface area contributed by atoms with Gasteiger partial charge in [-0.3, -0.25) is 4.90 Å². The van der Waals surface area contributed by atoms with Crippen LogP contribution in [0.5, 0.6) is 0 Å². The molecule has 0 radical (unpaired) electrons. The molecule has 2 aliphatic heterocycles. The lowest BCUT2D eigenvalue weighted by Crippen LogP contribution is -2.42. The van der Waals surface area contributed by atoms with Crippen LogP contribution in [-0.2, 0) is 4.74 Å². The van der Waals surface area contributed by atoms with E-state index in [4.69, 9.17) is 4.74 Å². The first-order chi connectivity index (χ1) is 6.27. The highest BCUT2D eigenvalue weighted by Gasteiger charge is 2.48. The van der Waals surface area contributed by atoms with E-state index in [1.807, 2.05) is 0 Å². The Morgan fingerprint density at radius 3 is 3.23 bits per heavy atom. The molecule has 0 amide bonds. The molecular weight excluding hydrogens is 284 g/mol. The summed E-state index contributed by atoms with van der Waals surface area (Å²) in [5.41, 5.74) is 0.0601. The van der Waals surface area contributed by atoms with E-state index < -0.39 is 6.17 Å². The van der Waals surface area contributed by atoms with E-state index in [-0.39, 0.29) is 5.54 Å². The molecule has 2 fully saturated rings. The van der Waals surface area contributed by atoms with Gasteiger partial charge in [-0.25, -0.2) is 4.39 Å². The number of hydrogen-bond acceptors (Lipinski definition) is 2. The quantitative estimate of drug-likeness (QED) is 0.583. The average molecular weight is 299 g/mol. The molecule has 0 aromatic heterocycles. The molecule has 2 aliphatic rings. The van der Waals surface area contributed by atoms with Gasteiger partial charge in [0.1, 0.15) is 6.17 Å². The summed E-state index contributed by atoms with van der Waals surface area (Å²) in [4.78, 5) is 2.28. The summed E-state index contributed by atoms with van der Waals surface area (Å²) in [7, 11) is 0.